The zero-order valence-corrected chi connectivity index (χ0v) is 23.7. The lowest BCUT2D eigenvalue weighted by molar-refractivity contribution is 0.532. The summed E-state index contributed by atoms with van der Waals surface area (Å²) in [6, 6.07) is 0. The average Bonchev–Trinajstić information content (AvgIpc) is 2.85. The Bertz CT molecular complexity index is 429. The Morgan fingerprint density at radius 2 is 0.735 bits per heavy atom. The van der Waals surface area contributed by atoms with Gasteiger partial charge >= 0.3 is 0 Å². The van der Waals surface area contributed by atoms with Gasteiger partial charge in [-0.05, 0) is 64.2 Å². The van der Waals surface area contributed by atoms with Crippen molar-refractivity contribution in [1.29, 1.82) is 0 Å². The summed E-state index contributed by atoms with van der Waals surface area (Å²) in [7, 11) is 0. The van der Waals surface area contributed by atoms with Gasteiger partial charge in [0.1, 0.15) is 0 Å². The quantitative estimate of drug-likeness (QED) is 0.0749. The van der Waals surface area contributed by atoms with Crippen molar-refractivity contribution in [2.24, 2.45) is 0 Å². The molecule has 0 amide bonds. The van der Waals surface area contributed by atoms with Gasteiger partial charge in [0.25, 0.3) is 0 Å². The van der Waals surface area contributed by atoms with Crippen LogP contribution in [0.15, 0.2) is 37.0 Å². The van der Waals surface area contributed by atoms with E-state index >= 15 is 0 Å². The van der Waals surface area contributed by atoms with Gasteiger partial charge in [-0.2, -0.15) is 0 Å². The molecule has 0 aliphatic carbocycles. The molecule has 0 heterocycles. The maximum Gasteiger partial charge on any atom is -0.0320 e. The van der Waals surface area contributed by atoms with Crippen molar-refractivity contribution in [2.75, 3.05) is 0 Å². The molecule has 0 unspecified atom stereocenters. The van der Waals surface area contributed by atoms with Gasteiger partial charge in [-0.15, -0.1) is 13.2 Å². The lowest BCUT2D eigenvalue weighted by atomic mass is 9.98. The Labute approximate surface area is 217 Å². The molecule has 0 aliphatic heterocycles. The van der Waals surface area contributed by atoms with Crippen LogP contribution in [0.25, 0.3) is 0 Å². The average molecular weight is 473 g/mol. The van der Waals surface area contributed by atoms with Gasteiger partial charge in [0, 0.05) is 0 Å². The molecule has 0 aromatic carbocycles. The van der Waals surface area contributed by atoms with Crippen molar-refractivity contribution in [3.05, 3.63) is 37.0 Å². The van der Waals surface area contributed by atoms with Gasteiger partial charge in [-0.3, -0.25) is 0 Å². The Morgan fingerprint density at radius 3 is 1.18 bits per heavy atom. The molecule has 0 bridgehead atoms. The molecule has 0 spiro atoms. The van der Waals surface area contributed by atoms with E-state index in [1.807, 2.05) is 0 Å². The van der Waals surface area contributed by atoms with Crippen LogP contribution in [0.2, 0.25) is 0 Å². The summed E-state index contributed by atoms with van der Waals surface area (Å²) in [4.78, 5) is 0. The molecule has 0 fully saturated rings. The predicted molar refractivity (Wildman–Crippen MR) is 159 cm³/mol. The first-order chi connectivity index (χ1) is 16.8. The van der Waals surface area contributed by atoms with Crippen molar-refractivity contribution in [1.82, 2.24) is 0 Å². The van der Waals surface area contributed by atoms with Crippen LogP contribution in [0.5, 0.6) is 0 Å². The van der Waals surface area contributed by atoms with Gasteiger partial charge in [0.05, 0.1) is 0 Å². The van der Waals surface area contributed by atoms with Crippen LogP contribution < -0.4 is 0 Å². The highest BCUT2D eigenvalue weighted by molar-refractivity contribution is 5.02. The Balaban J connectivity index is 3.65. The predicted octanol–water partition coefficient (Wildman–Crippen LogP) is 12.8. The van der Waals surface area contributed by atoms with Crippen LogP contribution in [-0.2, 0) is 0 Å². The largest absolute Gasteiger partial charge is 0.103 e. The number of hydrogen-bond acceptors (Lipinski definition) is 0. The summed E-state index contributed by atoms with van der Waals surface area (Å²) in [5, 5.41) is 0. The summed E-state index contributed by atoms with van der Waals surface area (Å²) >= 11 is 0. The van der Waals surface area contributed by atoms with Crippen molar-refractivity contribution in [3.63, 3.8) is 0 Å². The summed E-state index contributed by atoms with van der Waals surface area (Å²) < 4.78 is 0. The van der Waals surface area contributed by atoms with Gasteiger partial charge < -0.3 is 0 Å². The minimum atomic E-state index is 1.18. The second kappa shape index (κ2) is 30.3. The Hall–Kier alpha value is -0.780. The zero-order chi connectivity index (χ0) is 24.8. The third-order valence-corrected chi connectivity index (χ3v) is 7.30. The van der Waals surface area contributed by atoms with E-state index < -0.39 is 0 Å². The van der Waals surface area contributed by atoms with E-state index in [-0.39, 0.29) is 0 Å². The van der Waals surface area contributed by atoms with Crippen LogP contribution in [-0.4, -0.2) is 0 Å². The molecule has 0 saturated carbocycles. The third-order valence-electron chi connectivity index (χ3n) is 7.30. The van der Waals surface area contributed by atoms with E-state index in [0.717, 1.165) is 0 Å². The standard InChI is InChI=1S/C34H64/c1-4-7-10-13-15-16-17-18-19-20-21-22-23-25-27-30-33-34(31-28-12-9-6-3)32-29-26-24-14-11-8-5-2/h4,6,32H,1,3,5,7-31,33H2,2H3. The molecule has 0 atom stereocenters. The molecule has 0 radical (unpaired) electrons. The number of unbranched alkanes of at least 4 members (excludes halogenated alkanes) is 22. The Kier molecular flexibility index (Phi) is 29.6. The van der Waals surface area contributed by atoms with Crippen molar-refractivity contribution in [3.8, 4) is 0 Å². The van der Waals surface area contributed by atoms with E-state index in [1.54, 1.807) is 5.57 Å². The summed E-state index contributed by atoms with van der Waals surface area (Å²) in [5.41, 5.74) is 1.76. The van der Waals surface area contributed by atoms with Gasteiger partial charge in [0.15, 0.2) is 0 Å². The van der Waals surface area contributed by atoms with E-state index in [1.165, 1.54) is 173 Å². The summed E-state index contributed by atoms with van der Waals surface area (Å²) in [5.74, 6) is 0. The van der Waals surface area contributed by atoms with Crippen LogP contribution in [0.1, 0.15) is 180 Å². The highest BCUT2D eigenvalue weighted by Gasteiger charge is 2.00. The highest BCUT2D eigenvalue weighted by atomic mass is 14.1. The molecule has 0 aliphatic rings. The molecule has 0 aromatic heterocycles. The molecule has 0 rings (SSSR count). The zero-order valence-electron chi connectivity index (χ0n) is 23.7. The fourth-order valence-corrected chi connectivity index (χ4v) is 4.96. The van der Waals surface area contributed by atoms with E-state index in [9.17, 15) is 0 Å². The molecule has 200 valence electrons. The van der Waals surface area contributed by atoms with E-state index in [0.29, 0.717) is 0 Å². The van der Waals surface area contributed by atoms with Crippen LogP contribution in [0, 0.1) is 0 Å². The normalized spacial score (nSPS) is 11.7. The monoisotopic (exact) mass is 473 g/mol. The Morgan fingerprint density at radius 1 is 0.412 bits per heavy atom. The molecular formula is C34H64. The number of hydrogen-bond donors (Lipinski definition) is 0. The molecular weight excluding hydrogens is 408 g/mol. The highest BCUT2D eigenvalue weighted by Crippen LogP contribution is 2.20. The van der Waals surface area contributed by atoms with E-state index in [4.69, 9.17) is 0 Å². The molecule has 0 N–H and O–H groups in total. The maximum atomic E-state index is 3.88. The van der Waals surface area contributed by atoms with Gasteiger partial charge in [0.2, 0.25) is 0 Å². The smallest absolute Gasteiger partial charge is 0.0320 e. The van der Waals surface area contributed by atoms with Gasteiger partial charge in [-0.25, -0.2) is 0 Å². The first-order valence-electron chi connectivity index (χ1n) is 15.7. The maximum absolute atomic E-state index is 3.88. The molecule has 0 aromatic rings. The third kappa shape index (κ3) is 27.5. The topological polar surface area (TPSA) is 0 Å². The number of allylic oxidation sites excluding steroid dienone is 4. The van der Waals surface area contributed by atoms with Gasteiger partial charge in [-0.1, -0.05) is 140 Å². The fraction of sp³-hybridized carbons (Fsp3) is 0.824. The summed E-state index contributed by atoms with van der Waals surface area (Å²) in [6.07, 6.45) is 44.4. The molecule has 0 saturated heterocycles. The SMILES string of the molecule is C=CCCCCCCCCCCCCCCCCC(=CCCCCCCCC)CCCCC=C. The van der Waals surface area contributed by atoms with Crippen molar-refractivity contribution < 1.29 is 0 Å². The van der Waals surface area contributed by atoms with Crippen LogP contribution in [0.4, 0.5) is 0 Å². The minimum absolute atomic E-state index is 1.18. The van der Waals surface area contributed by atoms with Crippen LogP contribution >= 0.6 is 0 Å². The molecule has 34 heavy (non-hydrogen) atoms. The molecule has 0 nitrogen and oxygen atoms in total. The lowest BCUT2D eigenvalue weighted by Gasteiger charge is -2.09. The van der Waals surface area contributed by atoms with Crippen LogP contribution in [0.3, 0.4) is 0 Å². The number of rotatable bonds is 29. The second-order valence-electron chi connectivity index (χ2n) is 10.7. The van der Waals surface area contributed by atoms with E-state index in [2.05, 4.69) is 38.3 Å². The fourth-order valence-electron chi connectivity index (χ4n) is 4.96. The van der Waals surface area contributed by atoms with Crippen molar-refractivity contribution in [2.45, 2.75) is 180 Å². The first kappa shape index (κ1) is 33.2. The minimum Gasteiger partial charge on any atom is -0.103 e. The first-order valence-corrected chi connectivity index (χ1v) is 15.7. The summed E-state index contributed by atoms with van der Waals surface area (Å²) in [6.45, 7) is 9.98. The second-order valence-corrected chi connectivity index (χ2v) is 10.7. The van der Waals surface area contributed by atoms with Crippen molar-refractivity contribution >= 4 is 0 Å². The lowest BCUT2D eigenvalue weighted by Crippen LogP contribution is -1.89. The molecule has 0 heteroatoms.